The maximum atomic E-state index is 13.2. The zero-order valence-electron chi connectivity index (χ0n) is 14.4. The van der Waals surface area contributed by atoms with E-state index in [-0.39, 0.29) is 42.0 Å². The minimum absolute atomic E-state index is 0. The minimum Gasteiger partial charge on any atom is -0.342 e. The van der Waals surface area contributed by atoms with Crippen LogP contribution in [-0.2, 0) is 4.79 Å². The maximum absolute atomic E-state index is 13.2. The summed E-state index contributed by atoms with van der Waals surface area (Å²) in [6.45, 7) is 7.06. The molecule has 2 N–H and O–H groups in total. The van der Waals surface area contributed by atoms with Gasteiger partial charge in [-0.15, -0.1) is 12.4 Å². The van der Waals surface area contributed by atoms with E-state index in [1.165, 1.54) is 18.2 Å². The van der Waals surface area contributed by atoms with Crippen LogP contribution in [0.3, 0.4) is 0 Å². The Labute approximate surface area is 149 Å². The first kappa shape index (κ1) is 20.6. The molecule has 2 unspecified atom stereocenters. The number of Topliss-reactive ketones (excluding diaryl/α,β-unsaturated/α-hetero) is 1. The van der Waals surface area contributed by atoms with Crippen LogP contribution < -0.4 is 5.73 Å². The first-order chi connectivity index (χ1) is 10.7. The van der Waals surface area contributed by atoms with Crippen molar-refractivity contribution in [3.63, 3.8) is 0 Å². The number of carbonyl (C=O) groups is 2. The van der Waals surface area contributed by atoms with E-state index in [1.807, 2.05) is 0 Å². The van der Waals surface area contributed by atoms with E-state index in [1.54, 1.807) is 17.9 Å². The highest BCUT2D eigenvalue weighted by atomic mass is 35.5. The molecular formula is C18H26ClFN2O2. The Hall–Kier alpha value is -1.46. The molecule has 24 heavy (non-hydrogen) atoms. The van der Waals surface area contributed by atoms with E-state index in [9.17, 15) is 14.0 Å². The number of carbonyl (C=O) groups excluding carboxylic acids is 2. The van der Waals surface area contributed by atoms with Crippen LogP contribution in [-0.4, -0.2) is 35.7 Å². The molecule has 1 amide bonds. The first-order valence-corrected chi connectivity index (χ1v) is 8.04. The van der Waals surface area contributed by atoms with Crippen LogP contribution in [0.4, 0.5) is 4.39 Å². The lowest BCUT2D eigenvalue weighted by atomic mass is 9.79. The smallest absolute Gasteiger partial charge is 0.223 e. The standard InChI is InChI=1S/C18H25FN2O2.ClH/c1-12(17(23)13-5-4-6-14(19)10-13)9-16(22)21-8-7-15(20)18(2,3)11-21;/h4-6,10,12,15H,7-9,11,20H2,1-3H3;1H. The third-order valence-electron chi connectivity index (χ3n) is 4.70. The monoisotopic (exact) mass is 356 g/mol. The second kappa shape index (κ2) is 8.08. The average molecular weight is 357 g/mol. The molecule has 2 rings (SSSR count). The van der Waals surface area contributed by atoms with Gasteiger partial charge < -0.3 is 10.6 Å². The highest BCUT2D eigenvalue weighted by Crippen LogP contribution is 2.28. The van der Waals surface area contributed by atoms with Crippen LogP contribution in [0.5, 0.6) is 0 Å². The number of halogens is 2. The highest BCUT2D eigenvalue weighted by Gasteiger charge is 2.35. The molecule has 6 heteroatoms. The molecule has 1 aromatic carbocycles. The topological polar surface area (TPSA) is 63.4 Å². The van der Waals surface area contributed by atoms with Crippen molar-refractivity contribution in [2.75, 3.05) is 13.1 Å². The summed E-state index contributed by atoms with van der Waals surface area (Å²) in [6.07, 6.45) is 0.908. The van der Waals surface area contributed by atoms with Crippen LogP contribution >= 0.6 is 12.4 Å². The molecule has 134 valence electrons. The largest absolute Gasteiger partial charge is 0.342 e. The quantitative estimate of drug-likeness (QED) is 0.843. The van der Waals surface area contributed by atoms with Gasteiger partial charge in [0.2, 0.25) is 5.91 Å². The molecule has 1 aromatic rings. The van der Waals surface area contributed by atoms with E-state index in [2.05, 4.69) is 13.8 Å². The zero-order chi connectivity index (χ0) is 17.2. The molecule has 0 radical (unpaired) electrons. The average Bonchev–Trinajstić information content (AvgIpc) is 2.49. The van der Waals surface area contributed by atoms with Gasteiger partial charge in [0.25, 0.3) is 0 Å². The predicted molar refractivity (Wildman–Crippen MR) is 94.7 cm³/mol. The normalized spacial score (nSPS) is 20.9. The van der Waals surface area contributed by atoms with E-state index >= 15 is 0 Å². The summed E-state index contributed by atoms with van der Waals surface area (Å²) in [6, 6.07) is 5.68. The number of benzene rings is 1. The predicted octanol–water partition coefficient (Wildman–Crippen LogP) is 3.04. The zero-order valence-corrected chi connectivity index (χ0v) is 15.2. The van der Waals surface area contributed by atoms with Gasteiger partial charge in [0.15, 0.2) is 5.78 Å². The summed E-state index contributed by atoms with van der Waals surface area (Å²) < 4.78 is 13.2. The second-order valence-corrected chi connectivity index (χ2v) is 7.18. The number of amides is 1. The van der Waals surface area contributed by atoms with E-state index in [0.29, 0.717) is 18.7 Å². The van der Waals surface area contributed by atoms with Crippen LogP contribution in [0.1, 0.15) is 44.0 Å². The molecule has 0 aromatic heterocycles. The van der Waals surface area contributed by atoms with Crippen molar-refractivity contribution in [2.45, 2.75) is 39.7 Å². The van der Waals surface area contributed by atoms with Crippen molar-refractivity contribution in [3.05, 3.63) is 35.6 Å². The second-order valence-electron chi connectivity index (χ2n) is 7.18. The van der Waals surface area contributed by atoms with Gasteiger partial charge in [0.05, 0.1) is 0 Å². The summed E-state index contributed by atoms with van der Waals surface area (Å²) in [5, 5.41) is 0. The third-order valence-corrected chi connectivity index (χ3v) is 4.70. The Morgan fingerprint density at radius 2 is 2.08 bits per heavy atom. The number of ketones is 1. The van der Waals surface area contributed by atoms with Crippen molar-refractivity contribution in [3.8, 4) is 0 Å². The first-order valence-electron chi connectivity index (χ1n) is 8.04. The molecule has 1 aliphatic rings. The number of nitrogens with two attached hydrogens (primary N) is 1. The van der Waals surface area contributed by atoms with Gasteiger partial charge in [0.1, 0.15) is 5.82 Å². The Morgan fingerprint density at radius 1 is 1.42 bits per heavy atom. The fourth-order valence-corrected chi connectivity index (χ4v) is 3.00. The number of rotatable bonds is 4. The highest BCUT2D eigenvalue weighted by molar-refractivity contribution is 5.99. The van der Waals surface area contributed by atoms with Gasteiger partial charge in [-0.1, -0.05) is 32.9 Å². The summed E-state index contributed by atoms with van der Waals surface area (Å²) in [4.78, 5) is 26.6. The van der Waals surface area contributed by atoms with Gasteiger partial charge in [-0.3, -0.25) is 9.59 Å². The molecule has 2 atom stereocenters. The summed E-state index contributed by atoms with van der Waals surface area (Å²) >= 11 is 0. The van der Waals surface area contributed by atoms with Crippen LogP contribution in [0, 0.1) is 17.2 Å². The molecule has 1 heterocycles. The lowest BCUT2D eigenvalue weighted by Gasteiger charge is -2.42. The molecular weight excluding hydrogens is 331 g/mol. The van der Waals surface area contributed by atoms with E-state index in [4.69, 9.17) is 5.73 Å². The Morgan fingerprint density at radius 3 is 2.67 bits per heavy atom. The van der Waals surface area contributed by atoms with Gasteiger partial charge in [-0.05, 0) is 24.0 Å². The lowest BCUT2D eigenvalue weighted by Crippen LogP contribution is -2.54. The van der Waals surface area contributed by atoms with Crippen molar-refractivity contribution >= 4 is 24.1 Å². The van der Waals surface area contributed by atoms with Gasteiger partial charge >= 0.3 is 0 Å². The molecule has 0 aliphatic carbocycles. The van der Waals surface area contributed by atoms with Crippen LogP contribution in [0.25, 0.3) is 0 Å². The number of nitrogens with zero attached hydrogens (tertiary/aromatic N) is 1. The molecule has 4 nitrogen and oxygen atoms in total. The number of piperidine rings is 1. The number of hydrogen-bond acceptors (Lipinski definition) is 3. The maximum Gasteiger partial charge on any atom is 0.223 e. The van der Waals surface area contributed by atoms with Crippen molar-refractivity contribution in [1.82, 2.24) is 4.90 Å². The summed E-state index contributed by atoms with van der Waals surface area (Å²) in [5.41, 5.74) is 6.28. The van der Waals surface area contributed by atoms with Gasteiger partial charge in [0, 0.05) is 37.0 Å². The molecule has 0 saturated carbocycles. The number of likely N-dealkylation sites (tertiary alicyclic amines) is 1. The minimum atomic E-state index is -0.469. The van der Waals surface area contributed by atoms with Crippen molar-refractivity contribution in [2.24, 2.45) is 17.1 Å². The lowest BCUT2D eigenvalue weighted by molar-refractivity contribution is -0.135. The van der Waals surface area contributed by atoms with Crippen molar-refractivity contribution in [1.29, 1.82) is 0 Å². The number of hydrogen-bond donors (Lipinski definition) is 1. The van der Waals surface area contributed by atoms with Gasteiger partial charge in [-0.2, -0.15) is 0 Å². The fourth-order valence-electron chi connectivity index (χ4n) is 3.00. The van der Waals surface area contributed by atoms with E-state index in [0.717, 1.165) is 6.42 Å². The van der Waals surface area contributed by atoms with Crippen molar-refractivity contribution < 1.29 is 14.0 Å². The van der Waals surface area contributed by atoms with E-state index < -0.39 is 11.7 Å². The molecule has 0 bridgehead atoms. The summed E-state index contributed by atoms with van der Waals surface area (Å²) in [7, 11) is 0. The summed E-state index contributed by atoms with van der Waals surface area (Å²) in [5.74, 6) is -1.16. The Balaban J connectivity index is 0.00000288. The molecule has 1 aliphatic heterocycles. The molecule has 1 saturated heterocycles. The molecule has 0 spiro atoms. The van der Waals surface area contributed by atoms with Gasteiger partial charge in [-0.25, -0.2) is 4.39 Å². The Kier molecular flexibility index (Phi) is 6.93. The SMILES string of the molecule is CC(CC(=O)N1CCC(N)C(C)(C)C1)C(=O)c1cccc(F)c1.Cl. The van der Waals surface area contributed by atoms with Crippen LogP contribution in [0.15, 0.2) is 24.3 Å². The fraction of sp³-hybridized carbons (Fsp3) is 0.556. The van der Waals surface area contributed by atoms with Crippen LogP contribution in [0.2, 0.25) is 0 Å². The molecule has 1 fully saturated rings. The third kappa shape index (κ3) is 4.77. The Bertz CT molecular complexity index is 606.